The second-order valence-electron chi connectivity index (χ2n) is 5.45. The van der Waals surface area contributed by atoms with E-state index in [9.17, 15) is 27.2 Å². The van der Waals surface area contributed by atoms with E-state index in [1.807, 2.05) is 5.32 Å². The van der Waals surface area contributed by atoms with Crippen LogP contribution in [0.4, 0.5) is 23.2 Å². The summed E-state index contributed by atoms with van der Waals surface area (Å²) >= 11 is 0. The Morgan fingerprint density at radius 3 is 2.21 bits per heavy atom. The highest BCUT2D eigenvalue weighted by molar-refractivity contribution is 5.96. The van der Waals surface area contributed by atoms with Crippen molar-refractivity contribution in [2.24, 2.45) is 0 Å². The molecule has 0 aliphatic rings. The zero-order chi connectivity index (χ0) is 20.7. The highest BCUT2D eigenvalue weighted by Crippen LogP contribution is 2.18. The average molecular weight is 397 g/mol. The third-order valence-corrected chi connectivity index (χ3v) is 3.39. The fraction of sp³-hybridized carbons (Fsp3) is 0.158. The van der Waals surface area contributed by atoms with E-state index in [1.54, 1.807) is 0 Å². The molecule has 0 radical (unpaired) electrons. The van der Waals surface area contributed by atoms with Gasteiger partial charge in [-0.05, 0) is 42.8 Å². The summed E-state index contributed by atoms with van der Waals surface area (Å²) in [6.07, 6.45) is 1.02. The van der Waals surface area contributed by atoms with Gasteiger partial charge in [-0.1, -0.05) is 18.2 Å². The summed E-state index contributed by atoms with van der Waals surface area (Å²) < 4.78 is 60.2. The van der Waals surface area contributed by atoms with Crippen molar-refractivity contribution in [3.05, 3.63) is 65.7 Å². The largest absolute Gasteiger partial charge is 0.449 e. The van der Waals surface area contributed by atoms with Crippen LogP contribution in [0.5, 0.6) is 5.75 Å². The van der Waals surface area contributed by atoms with Crippen LogP contribution in [-0.4, -0.2) is 24.6 Å². The monoisotopic (exact) mass is 397 g/mol. The first-order valence-electron chi connectivity index (χ1n) is 7.94. The number of anilines is 1. The molecule has 148 valence electrons. The van der Waals surface area contributed by atoms with Gasteiger partial charge in [0.2, 0.25) is 0 Å². The summed E-state index contributed by atoms with van der Waals surface area (Å²) in [5, 5.41) is 2.01. The Balaban J connectivity index is 1.91. The lowest BCUT2D eigenvalue weighted by atomic mass is 10.2. The van der Waals surface area contributed by atoms with Crippen molar-refractivity contribution < 1.29 is 36.6 Å². The second-order valence-corrected chi connectivity index (χ2v) is 5.45. The molecule has 0 aliphatic heterocycles. The first kappa shape index (κ1) is 20.9. The van der Waals surface area contributed by atoms with E-state index < -0.39 is 41.9 Å². The molecule has 0 heterocycles. The molecule has 2 aromatic carbocycles. The van der Waals surface area contributed by atoms with Crippen LogP contribution >= 0.6 is 0 Å². The number of halogens is 4. The first-order chi connectivity index (χ1) is 13.3. The standard InChI is InChI=1S/C19H15F4NO4/c1-11(18(26)24-17-14(20)3-2-4-15(17)21)27-16(25)10-7-12-5-8-13(9-6-12)28-19(22)23/h2-11,19H,1H3,(H,24,26)/b10-7+/t11-/m1/s1. The van der Waals surface area contributed by atoms with Crippen molar-refractivity contribution >= 4 is 23.6 Å². The van der Waals surface area contributed by atoms with Gasteiger partial charge in [0, 0.05) is 6.08 Å². The Bertz CT molecular complexity index is 848. The summed E-state index contributed by atoms with van der Waals surface area (Å²) in [5.74, 6) is -3.78. The molecule has 2 aromatic rings. The van der Waals surface area contributed by atoms with Gasteiger partial charge in [-0.25, -0.2) is 13.6 Å². The Labute approximate surface area is 157 Å². The van der Waals surface area contributed by atoms with Gasteiger partial charge in [0.1, 0.15) is 23.1 Å². The number of amides is 1. The molecule has 1 atom stereocenters. The van der Waals surface area contributed by atoms with E-state index in [4.69, 9.17) is 4.74 Å². The number of benzene rings is 2. The third kappa shape index (κ3) is 6.11. The van der Waals surface area contributed by atoms with Crippen molar-refractivity contribution in [3.63, 3.8) is 0 Å². The van der Waals surface area contributed by atoms with Crippen LogP contribution < -0.4 is 10.1 Å². The molecule has 0 spiro atoms. The minimum absolute atomic E-state index is 0.0413. The fourth-order valence-electron chi connectivity index (χ4n) is 2.03. The Kier molecular flexibility index (Phi) is 7.14. The third-order valence-electron chi connectivity index (χ3n) is 3.39. The normalized spacial score (nSPS) is 12.1. The molecular weight excluding hydrogens is 382 g/mol. The summed E-state index contributed by atoms with van der Waals surface area (Å²) in [6.45, 7) is -1.71. The predicted octanol–water partition coefficient (Wildman–Crippen LogP) is 4.15. The van der Waals surface area contributed by atoms with E-state index in [2.05, 4.69) is 4.74 Å². The van der Waals surface area contributed by atoms with E-state index in [1.165, 1.54) is 37.3 Å². The average Bonchev–Trinajstić information content (AvgIpc) is 2.63. The number of carbonyl (C=O) groups is 2. The summed E-state index contributed by atoms with van der Waals surface area (Å²) in [7, 11) is 0. The van der Waals surface area contributed by atoms with Gasteiger partial charge in [0.15, 0.2) is 6.10 Å². The van der Waals surface area contributed by atoms with Gasteiger partial charge in [0.05, 0.1) is 0 Å². The zero-order valence-corrected chi connectivity index (χ0v) is 14.5. The maximum atomic E-state index is 13.5. The Hall–Kier alpha value is -3.36. The van der Waals surface area contributed by atoms with Crippen molar-refractivity contribution in [1.82, 2.24) is 0 Å². The lowest BCUT2D eigenvalue weighted by Gasteiger charge is -2.13. The summed E-state index contributed by atoms with van der Waals surface area (Å²) in [6, 6.07) is 8.51. The highest BCUT2D eigenvalue weighted by Gasteiger charge is 2.19. The molecule has 0 fully saturated rings. The van der Waals surface area contributed by atoms with Crippen molar-refractivity contribution in [3.8, 4) is 5.75 Å². The molecule has 0 saturated heterocycles. The lowest BCUT2D eigenvalue weighted by molar-refractivity contribution is -0.148. The Morgan fingerprint density at radius 2 is 1.64 bits per heavy atom. The number of nitrogens with one attached hydrogen (secondary N) is 1. The van der Waals surface area contributed by atoms with Crippen LogP contribution in [0.1, 0.15) is 12.5 Å². The molecular formula is C19H15F4NO4. The quantitative estimate of drug-likeness (QED) is 0.433. The Morgan fingerprint density at radius 1 is 1.04 bits per heavy atom. The highest BCUT2D eigenvalue weighted by atomic mass is 19.3. The molecule has 9 heteroatoms. The molecule has 0 aliphatic carbocycles. The van der Waals surface area contributed by atoms with Gasteiger partial charge in [0.25, 0.3) is 5.91 Å². The molecule has 5 nitrogen and oxygen atoms in total. The van der Waals surface area contributed by atoms with Crippen LogP contribution in [0.15, 0.2) is 48.5 Å². The van der Waals surface area contributed by atoms with E-state index in [-0.39, 0.29) is 5.75 Å². The SMILES string of the molecule is C[C@@H](OC(=O)/C=C/c1ccc(OC(F)F)cc1)C(=O)Nc1c(F)cccc1F. The van der Waals surface area contributed by atoms with Crippen LogP contribution in [0.3, 0.4) is 0 Å². The molecule has 1 amide bonds. The fourth-order valence-corrected chi connectivity index (χ4v) is 2.03. The molecule has 0 bridgehead atoms. The number of carbonyl (C=O) groups excluding carboxylic acids is 2. The summed E-state index contributed by atoms with van der Waals surface area (Å²) in [4.78, 5) is 23.7. The van der Waals surface area contributed by atoms with Gasteiger partial charge in [-0.2, -0.15) is 8.78 Å². The van der Waals surface area contributed by atoms with Crippen LogP contribution in [0, 0.1) is 11.6 Å². The topological polar surface area (TPSA) is 64.6 Å². The van der Waals surface area contributed by atoms with Gasteiger partial charge >= 0.3 is 12.6 Å². The molecule has 2 rings (SSSR count). The number of para-hydroxylation sites is 1. The molecule has 0 unspecified atom stereocenters. The number of hydrogen-bond donors (Lipinski definition) is 1. The van der Waals surface area contributed by atoms with E-state index in [0.717, 1.165) is 24.3 Å². The minimum Gasteiger partial charge on any atom is -0.449 e. The maximum absolute atomic E-state index is 13.5. The molecule has 1 N–H and O–H groups in total. The number of hydrogen-bond acceptors (Lipinski definition) is 4. The van der Waals surface area contributed by atoms with Crippen molar-refractivity contribution in [1.29, 1.82) is 0 Å². The van der Waals surface area contributed by atoms with Gasteiger partial charge < -0.3 is 14.8 Å². The van der Waals surface area contributed by atoms with E-state index in [0.29, 0.717) is 5.56 Å². The predicted molar refractivity (Wildman–Crippen MR) is 92.6 cm³/mol. The summed E-state index contributed by atoms with van der Waals surface area (Å²) in [5.41, 5.74) is -0.152. The second kappa shape index (κ2) is 9.54. The molecule has 0 saturated carbocycles. The maximum Gasteiger partial charge on any atom is 0.387 e. The van der Waals surface area contributed by atoms with Crippen molar-refractivity contribution in [2.45, 2.75) is 19.6 Å². The van der Waals surface area contributed by atoms with Crippen LogP contribution in [0.25, 0.3) is 6.08 Å². The van der Waals surface area contributed by atoms with Crippen molar-refractivity contribution in [2.75, 3.05) is 5.32 Å². The lowest BCUT2D eigenvalue weighted by Crippen LogP contribution is -2.30. The molecule has 0 aromatic heterocycles. The van der Waals surface area contributed by atoms with Gasteiger partial charge in [-0.3, -0.25) is 4.79 Å². The molecule has 28 heavy (non-hydrogen) atoms. The smallest absolute Gasteiger partial charge is 0.387 e. The van der Waals surface area contributed by atoms with Crippen LogP contribution in [-0.2, 0) is 14.3 Å². The van der Waals surface area contributed by atoms with Gasteiger partial charge in [-0.15, -0.1) is 0 Å². The first-order valence-corrected chi connectivity index (χ1v) is 7.94. The number of alkyl halides is 2. The number of rotatable bonds is 7. The number of ether oxygens (including phenoxy) is 2. The van der Waals surface area contributed by atoms with E-state index >= 15 is 0 Å². The zero-order valence-electron chi connectivity index (χ0n) is 14.5. The number of esters is 1. The van der Waals surface area contributed by atoms with Crippen LogP contribution in [0.2, 0.25) is 0 Å². The minimum atomic E-state index is -2.94.